The Morgan fingerprint density at radius 1 is 1.05 bits per heavy atom. The van der Waals surface area contributed by atoms with Gasteiger partial charge in [-0.05, 0) is 61.1 Å². The van der Waals surface area contributed by atoms with Crippen LogP contribution in [0.25, 0.3) is 0 Å². The second-order valence-corrected chi connectivity index (χ2v) is 5.30. The highest BCUT2D eigenvalue weighted by Crippen LogP contribution is 2.26. The Kier molecular flexibility index (Phi) is 3.86. The first-order valence-electron chi connectivity index (χ1n) is 7.45. The van der Waals surface area contributed by atoms with Crippen molar-refractivity contribution in [2.24, 2.45) is 0 Å². The lowest BCUT2D eigenvalue weighted by Gasteiger charge is -2.10. The minimum Gasteiger partial charge on any atom is -0.370 e. The van der Waals surface area contributed by atoms with Gasteiger partial charge in [0.15, 0.2) is 0 Å². The summed E-state index contributed by atoms with van der Waals surface area (Å²) in [6.45, 7) is 3.11. The molecule has 1 aromatic carbocycles. The summed E-state index contributed by atoms with van der Waals surface area (Å²) in [5.41, 5.74) is 4.11. The molecular formula is C17H21N3. The van der Waals surface area contributed by atoms with Gasteiger partial charge in [-0.2, -0.15) is 0 Å². The first-order valence-corrected chi connectivity index (χ1v) is 7.45. The Bertz CT molecular complexity index is 593. The molecule has 104 valence electrons. The predicted octanol–water partition coefficient (Wildman–Crippen LogP) is 4.14. The van der Waals surface area contributed by atoms with E-state index < -0.39 is 0 Å². The van der Waals surface area contributed by atoms with Gasteiger partial charge in [-0.3, -0.25) is 0 Å². The standard InChI is InChI=1S/C17H21N3/c1-2-11-18-16-7-4-8-17(20-16)19-15-10-9-13-5-3-6-14(13)12-15/h4,7-10,12H,2-3,5-6,11H2,1H3,(H2,18,19,20). The Morgan fingerprint density at radius 3 is 2.80 bits per heavy atom. The molecule has 20 heavy (non-hydrogen) atoms. The molecule has 0 radical (unpaired) electrons. The number of aryl methyl sites for hydroxylation is 2. The van der Waals surface area contributed by atoms with E-state index >= 15 is 0 Å². The smallest absolute Gasteiger partial charge is 0.132 e. The minimum absolute atomic E-state index is 0.893. The average Bonchev–Trinajstić information content (AvgIpc) is 2.93. The van der Waals surface area contributed by atoms with Crippen molar-refractivity contribution in [3.8, 4) is 0 Å². The molecule has 0 spiro atoms. The second-order valence-electron chi connectivity index (χ2n) is 5.30. The van der Waals surface area contributed by atoms with Crippen LogP contribution in [0, 0.1) is 0 Å². The molecule has 0 saturated carbocycles. The molecule has 0 atom stereocenters. The van der Waals surface area contributed by atoms with Crippen LogP contribution in [0.15, 0.2) is 36.4 Å². The van der Waals surface area contributed by atoms with Crippen molar-refractivity contribution in [2.45, 2.75) is 32.6 Å². The van der Waals surface area contributed by atoms with Gasteiger partial charge >= 0.3 is 0 Å². The summed E-state index contributed by atoms with van der Waals surface area (Å²) in [5, 5.41) is 6.71. The van der Waals surface area contributed by atoms with Crippen molar-refractivity contribution in [2.75, 3.05) is 17.2 Å². The molecule has 0 saturated heterocycles. The molecule has 0 unspecified atom stereocenters. The fourth-order valence-corrected chi connectivity index (χ4v) is 2.65. The third kappa shape index (κ3) is 2.93. The molecule has 1 heterocycles. The highest BCUT2D eigenvalue weighted by atomic mass is 15.1. The van der Waals surface area contributed by atoms with Gasteiger partial charge in [0.2, 0.25) is 0 Å². The van der Waals surface area contributed by atoms with E-state index in [1.54, 1.807) is 0 Å². The zero-order valence-electron chi connectivity index (χ0n) is 11.9. The van der Waals surface area contributed by atoms with Crippen LogP contribution in [0.4, 0.5) is 17.3 Å². The van der Waals surface area contributed by atoms with E-state index in [2.05, 4.69) is 40.7 Å². The van der Waals surface area contributed by atoms with E-state index in [1.165, 1.54) is 30.4 Å². The highest BCUT2D eigenvalue weighted by Gasteiger charge is 2.10. The van der Waals surface area contributed by atoms with Crippen LogP contribution in [-0.2, 0) is 12.8 Å². The molecule has 2 aromatic rings. The van der Waals surface area contributed by atoms with Gasteiger partial charge in [-0.15, -0.1) is 0 Å². The fraction of sp³-hybridized carbons (Fsp3) is 0.353. The molecule has 3 nitrogen and oxygen atoms in total. The Balaban J connectivity index is 1.74. The number of hydrogen-bond acceptors (Lipinski definition) is 3. The van der Waals surface area contributed by atoms with Crippen LogP contribution in [0.1, 0.15) is 30.9 Å². The summed E-state index contributed by atoms with van der Waals surface area (Å²) in [7, 11) is 0. The maximum Gasteiger partial charge on any atom is 0.132 e. The number of nitrogens with zero attached hydrogens (tertiary/aromatic N) is 1. The van der Waals surface area contributed by atoms with E-state index in [-0.39, 0.29) is 0 Å². The molecule has 3 heteroatoms. The first-order chi connectivity index (χ1) is 9.85. The number of nitrogens with one attached hydrogen (secondary N) is 2. The zero-order valence-corrected chi connectivity index (χ0v) is 11.9. The number of pyridine rings is 1. The van der Waals surface area contributed by atoms with E-state index in [0.717, 1.165) is 30.3 Å². The largest absolute Gasteiger partial charge is 0.370 e. The van der Waals surface area contributed by atoms with Crippen LogP contribution >= 0.6 is 0 Å². The number of benzene rings is 1. The molecule has 2 N–H and O–H groups in total. The van der Waals surface area contributed by atoms with Crippen molar-refractivity contribution in [3.63, 3.8) is 0 Å². The fourth-order valence-electron chi connectivity index (χ4n) is 2.65. The maximum atomic E-state index is 4.58. The minimum atomic E-state index is 0.893. The van der Waals surface area contributed by atoms with Crippen LogP contribution in [-0.4, -0.2) is 11.5 Å². The Labute approximate surface area is 120 Å². The van der Waals surface area contributed by atoms with E-state index in [1.807, 2.05) is 18.2 Å². The molecule has 1 aliphatic carbocycles. The monoisotopic (exact) mass is 267 g/mol. The van der Waals surface area contributed by atoms with Gasteiger partial charge < -0.3 is 10.6 Å². The topological polar surface area (TPSA) is 37.0 Å². The normalized spacial score (nSPS) is 13.1. The van der Waals surface area contributed by atoms with Gasteiger partial charge in [0, 0.05) is 12.2 Å². The van der Waals surface area contributed by atoms with Gasteiger partial charge in [0.25, 0.3) is 0 Å². The number of hydrogen-bond donors (Lipinski definition) is 2. The van der Waals surface area contributed by atoms with Crippen molar-refractivity contribution >= 4 is 17.3 Å². The second kappa shape index (κ2) is 5.95. The van der Waals surface area contributed by atoms with Crippen LogP contribution < -0.4 is 10.6 Å². The van der Waals surface area contributed by atoms with Crippen LogP contribution in [0.5, 0.6) is 0 Å². The van der Waals surface area contributed by atoms with Gasteiger partial charge in [0.05, 0.1) is 0 Å². The summed E-state index contributed by atoms with van der Waals surface area (Å²) in [6, 6.07) is 12.7. The Morgan fingerprint density at radius 2 is 1.90 bits per heavy atom. The molecular weight excluding hydrogens is 246 g/mol. The average molecular weight is 267 g/mol. The summed E-state index contributed by atoms with van der Waals surface area (Å²) >= 11 is 0. The van der Waals surface area contributed by atoms with Crippen molar-refractivity contribution in [1.82, 2.24) is 4.98 Å². The van der Waals surface area contributed by atoms with Crippen LogP contribution in [0.2, 0.25) is 0 Å². The molecule has 3 rings (SSSR count). The number of fused-ring (bicyclic) bond motifs is 1. The lowest BCUT2D eigenvalue weighted by atomic mass is 10.1. The molecule has 1 aromatic heterocycles. The molecule has 1 aliphatic rings. The number of anilines is 3. The third-order valence-corrected chi connectivity index (χ3v) is 3.68. The molecule has 0 fully saturated rings. The molecule has 0 bridgehead atoms. The number of rotatable bonds is 5. The van der Waals surface area contributed by atoms with E-state index in [4.69, 9.17) is 0 Å². The highest BCUT2D eigenvalue weighted by molar-refractivity contribution is 5.60. The molecule has 0 aliphatic heterocycles. The lowest BCUT2D eigenvalue weighted by Crippen LogP contribution is -2.03. The van der Waals surface area contributed by atoms with Gasteiger partial charge in [0.1, 0.15) is 11.6 Å². The number of aromatic nitrogens is 1. The third-order valence-electron chi connectivity index (χ3n) is 3.68. The van der Waals surface area contributed by atoms with Gasteiger partial charge in [-0.1, -0.05) is 19.1 Å². The summed E-state index contributed by atoms with van der Waals surface area (Å²) < 4.78 is 0. The van der Waals surface area contributed by atoms with Crippen LogP contribution in [0.3, 0.4) is 0 Å². The predicted molar refractivity (Wildman–Crippen MR) is 84.8 cm³/mol. The summed E-state index contributed by atoms with van der Waals surface area (Å²) in [4.78, 5) is 4.58. The SMILES string of the molecule is CCCNc1cccc(Nc2ccc3c(c2)CCC3)n1. The Hall–Kier alpha value is -2.03. The van der Waals surface area contributed by atoms with Crippen molar-refractivity contribution in [1.29, 1.82) is 0 Å². The lowest BCUT2D eigenvalue weighted by molar-refractivity contribution is 0.912. The van der Waals surface area contributed by atoms with E-state index in [0.29, 0.717) is 0 Å². The van der Waals surface area contributed by atoms with E-state index in [9.17, 15) is 0 Å². The van der Waals surface area contributed by atoms with Crippen molar-refractivity contribution in [3.05, 3.63) is 47.5 Å². The first kappa shape index (κ1) is 13.0. The summed E-state index contributed by atoms with van der Waals surface area (Å²) in [6.07, 6.45) is 4.82. The van der Waals surface area contributed by atoms with Crippen molar-refractivity contribution < 1.29 is 0 Å². The van der Waals surface area contributed by atoms with Gasteiger partial charge in [-0.25, -0.2) is 4.98 Å². The summed E-state index contributed by atoms with van der Waals surface area (Å²) in [5.74, 6) is 1.82. The quantitative estimate of drug-likeness (QED) is 0.855. The zero-order chi connectivity index (χ0) is 13.8. The molecule has 0 amide bonds. The maximum absolute atomic E-state index is 4.58.